The molecule has 0 aromatic rings. The summed E-state index contributed by atoms with van der Waals surface area (Å²) in [5.74, 6) is 0. The second kappa shape index (κ2) is 5.43. The zero-order chi connectivity index (χ0) is 13.6. The van der Waals surface area contributed by atoms with Crippen molar-refractivity contribution in [1.82, 2.24) is 0 Å². The maximum absolute atomic E-state index is 9.85. The Hall–Kier alpha value is -2.66. The van der Waals surface area contributed by atoms with Crippen LogP contribution in [0.3, 0.4) is 0 Å². The molecule has 1 spiro atoms. The van der Waals surface area contributed by atoms with Crippen LogP contribution in [0.2, 0.25) is 0 Å². The van der Waals surface area contributed by atoms with Crippen molar-refractivity contribution >= 4 is 14.6 Å². The van der Waals surface area contributed by atoms with Crippen LogP contribution in [-0.2, 0) is 15.5 Å². The van der Waals surface area contributed by atoms with E-state index >= 15 is 0 Å². The van der Waals surface area contributed by atoms with Crippen LogP contribution in [0.15, 0.2) is 0 Å². The van der Waals surface area contributed by atoms with Crippen molar-refractivity contribution in [2.75, 3.05) is 0 Å². The molecule has 0 radical (unpaired) electrons. The van der Waals surface area contributed by atoms with E-state index in [0.717, 1.165) is 0 Å². The van der Waals surface area contributed by atoms with Gasteiger partial charge in [0.05, 0.1) is 10.2 Å². The van der Waals surface area contributed by atoms with E-state index in [4.69, 9.17) is 30.6 Å². The van der Waals surface area contributed by atoms with E-state index in [-0.39, 0.29) is 10.2 Å². The first kappa shape index (κ1) is 14.3. The predicted molar refractivity (Wildman–Crippen MR) is 38.1 cm³/mol. The van der Waals surface area contributed by atoms with Crippen molar-refractivity contribution in [2.45, 2.75) is 0 Å². The molecule has 17 heteroatoms. The van der Waals surface area contributed by atoms with Gasteiger partial charge in [-0.25, -0.2) is 0 Å². The maximum atomic E-state index is 9.85. The number of hydrogen-bond acceptors (Lipinski definition) is 12. The molecule has 96 valence electrons. The van der Waals surface area contributed by atoms with Crippen LogP contribution in [0, 0.1) is 40.5 Å². The Bertz CT molecular complexity index is 285. The zero-order valence-electron chi connectivity index (χ0n) is 7.19. The molecule has 2 rings (SSSR count). The summed E-state index contributed by atoms with van der Waals surface area (Å²) in [5, 5.41) is 29.2. The van der Waals surface area contributed by atoms with Crippen molar-refractivity contribution in [3.05, 3.63) is 40.5 Å². The van der Waals surface area contributed by atoms with E-state index in [1.54, 1.807) is 0 Å². The van der Waals surface area contributed by atoms with Gasteiger partial charge in [-0.3, -0.25) is 0 Å². The molecule has 0 saturated carbocycles. The monoisotopic (exact) mass is 322 g/mol. The summed E-state index contributed by atoms with van der Waals surface area (Å²) in [6.07, 6.45) is 0. The first-order valence-corrected chi connectivity index (χ1v) is 6.43. The third-order valence-electron chi connectivity index (χ3n) is 0.745. The Labute approximate surface area is 91.7 Å². The molecule has 2 fully saturated rings. The summed E-state index contributed by atoms with van der Waals surface area (Å²) in [4.78, 5) is 36.2. The number of rotatable bonds is 0. The van der Waals surface area contributed by atoms with E-state index in [2.05, 4.69) is 15.5 Å². The Morgan fingerprint density at radius 1 is 0.765 bits per heavy atom. The average molecular weight is 321 g/mol. The molecule has 16 nitrogen and oxygen atoms in total. The molecule has 0 aromatic heterocycles. The van der Waals surface area contributed by atoms with Crippen molar-refractivity contribution in [3.63, 3.8) is 0 Å². The summed E-state index contributed by atoms with van der Waals surface area (Å²) < 4.78 is 16.8. The van der Waals surface area contributed by atoms with Gasteiger partial charge >= 0.3 is 50.1 Å². The molecule has 0 atom stereocenters. The molecular weight excluding hydrogens is 321 g/mol. The van der Waals surface area contributed by atoms with Gasteiger partial charge in [-0.05, 0) is 0 Å². The predicted octanol–water partition coefficient (Wildman–Crippen LogP) is -1.74. The molecule has 0 N–H and O–H groups in total. The molecule has 2 aliphatic heterocycles. The summed E-state index contributed by atoms with van der Waals surface area (Å²) in [5.41, 5.74) is 0. The van der Waals surface area contributed by atoms with Gasteiger partial charge in [-0.2, -0.15) is 0 Å². The first-order chi connectivity index (χ1) is 7.67. The zero-order valence-corrected chi connectivity index (χ0v) is 9.29. The minimum atomic E-state index is -3.65. The number of hydrogen-bond donors (Lipinski definition) is 0. The Kier molecular flexibility index (Phi) is 4.58. The van der Waals surface area contributed by atoms with Crippen LogP contribution in [0.25, 0.3) is 0 Å². The van der Waals surface area contributed by atoms with Crippen molar-refractivity contribution in [1.29, 1.82) is 0 Å². The van der Waals surface area contributed by atoms with E-state index < -0.39 is 24.8 Å². The van der Waals surface area contributed by atoms with Gasteiger partial charge in [-0.1, -0.05) is 0 Å². The average Bonchev–Trinajstić information content (AvgIpc) is 1.96. The fraction of sp³-hybridized carbons (Fsp3) is 0. The molecule has 0 unspecified atom stereocenters. The number of nitrogens with zero attached hydrogens (tertiary/aromatic N) is 4. The fourth-order valence-corrected chi connectivity index (χ4v) is 2.31. The quantitative estimate of drug-likeness (QED) is 0.276. The van der Waals surface area contributed by atoms with Crippen LogP contribution in [0.5, 0.6) is 0 Å². The summed E-state index contributed by atoms with van der Waals surface area (Å²) in [6.45, 7) is 0. The second-order valence-corrected chi connectivity index (χ2v) is 5.39. The van der Waals surface area contributed by atoms with E-state index in [1.807, 2.05) is 0 Å². The molecular formula is GeN4O12. The summed E-state index contributed by atoms with van der Waals surface area (Å²) in [7, 11) is 0. The molecule has 2 saturated heterocycles. The minimum absolute atomic E-state index is 0.160. The molecule has 2 heterocycles. The van der Waals surface area contributed by atoms with Crippen molar-refractivity contribution in [3.8, 4) is 0 Å². The van der Waals surface area contributed by atoms with Gasteiger partial charge in [0.1, 0.15) is 0 Å². The van der Waals surface area contributed by atoms with E-state index in [0.29, 0.717) is 0 Å². The molecule has 0 amide bonds. The third kappa shape index (κ3) is 5.71. The fourth-order valence-electron chi connectivity index (χ4n) is 0.445. The molecule has 0 aromatic carbocycles. The van der Waals surface area contributed by atoms with Crippen LogP contribution < -0.4 is 0 Å². The van der Waals surface area contributed by atoms with Crippen LogP contribution >= 0.6 is 0 Å². The van der Waals surface area contributed by atoms with Gasteiger partial charge in [0, 0.05) is 0 Å². The topological polar surface area (TPSA) is 209 Å². The van der Waals surface area contributed by atoms with E-state index in [9.17, 15) is 9.81 Å². The van der Waals surface area contributed by atoms with Gasteiger partial charge in [-0.15, -0.1) is 0 Å². The van der Waals surface area contributed by atoms with Crippen LogP contribution in [0.1, 0.15) is 0 Å². The normalized spacial score (nSPS) is 16.7. The summed E-state index contributed by atoms with van der Waals surface area (Å²) >= 11 is -3.65. The molecule has 2 aliphatic rings. The molecule has 17 heavy (non-hydrogen) atoms. The van der Waals surface area contributed by atoms with E-state index in [1.165, 1.54) is 0 Å². The molecule has 0 aliphatic carbocycles. The van der Waals surface area contributed by atoms with Crippen molar-refractivity contribution < 1.29 is 35.8 Å². The standard InChI is InChI=1S/GeN2O6.2NO3/c4-2-6-1(7-2)8-3(5)9-1;2*2-1(3)4/q+2;2*-1. The Morgan fingerprint density at radius 3 is 1.06 bits per heavy atom. The summed E-state index contributed by atoms with van der Waals surface area (Å²) in [6, 6.07) is 0. The second-order valence-electron chi connectivity index (χ2n) is 1.76. The van der Waals surface area contributed by atoms with Crippen LogP contribution in [0.4, 0.5) is 0 Å². The van der Waals surface area contributed by atoms with Gasteiger partial charge in [0.15, 0.2) is 0 Å². The third-order valence-corrected chi connectivity index (χ3v) is 3.87. The Balaban J connectivity index is 0.000000274. The van der Waals surface area contributed by atoms with Crippen molar-refractivity contribution in [2.24, 2.45) is 0 Å². The molecule has 0 bridgehead atoms. The Morgan fingerprint density at radius 2 is 0.941 bits per heavy atom. The van der Waals surface area contributed by atoms with Gasteiger partial charge < -0.3 is 30.6 Å². The van der Waals surface area contributed by atoms with Crippen LogP contribution in [-0.4, -0.2) is 35.0 Å². The SMILES string of the molecule is O=[N+]([O-])[O-].O=[N+]([O-])[O-].O=[N+]1[O][Ge]2([O]1)[O][N+](=O)[O]2. The van der Waals surface area contributed by atoms with Gasteiger partial charge in [0.25, 0.3) is 0 Å². The van der Waals surface area contributed by atoms with Gasteiger partial charge in [0.2, 0.25) is 0 Å². The first-order valence-electron chi connectivity index (χ1n) is 3.01.